The highest BCUT2D eigenvalue weighted by molar-refractivity contribution is 5.70. The Bertz CT molecular complexity index is 654. The van der Waals surface area contributed by atoms with Gasteiger partial charge in [0.1, 0.15) is 11.4 Å². The summed E-state index contributed by atoms with van der Waals surface area (Å²) >= 11 is 0. The molecule has 25 heavy (non-hydrogen) atoms. The van der Waals surface area contributed by atoms with Crippen LogP contribution in [0.5, 0.6) is 0 Å². The number of carbonyl (C=O) groups is 2. The molecule has 0 aromatic carbocycles. The van der Waals surface area contributed by atoms with E-state index in [0.717, 1.165) is 30.8 Å². The maximum atomic E-state index is 12.2. The predicted molar refractivity (Wildman–Crippen MR) is 91.5 cm³/mol. The van der Waals surface area contributed by atoms with Crippen LogP contribution >= 0.6 is 0 Å². The van der Waals surface area contributed by atoms with Gasteiger partial charge in [-0.1, -0.05) is 0 Å². The molecule has 7 nitrogen and oxygen atoms in total. The van der Waals surface area contributed by atoms with Crippen LogP contribution in [0.15, 0.2) is 6.20 Å². The Morgan fingerprint density at radius 3 is 2.52 bits per heavy atom. The number of carboxylic acid groups (broad SMARTS) is 1. The number of aryl methyl sites for hydroxylation is 1. The Balaban J connectivity index is 1.64. The Morgan fingerprint density at radius 1 is 1.24 bits per heavy atom. The van der Waals surface area contributed by atoms with E-state index in [4.69, 9.17) is 4.74 Å². The lowest BCUT2D eigenvalue weighted by atomic mass is 9.94. The molecule has 0 saturated carbocycles. The lowest BCUT2D eigenvalue weighted by Gasteiger charge is -2.34. The van der Waals surface area contributed by atoms with E-state index in [1.807, 2.05) is 27.0 Å². The zero-order valence-electron chi connectivity index (χ0n) is 15.2. The quantitative estimate of drug-likeness (QED) is 0.887. The number of aliphatic carboxylic acids is 1. The van der Waals surface area contributed by atoms with Crippen LogP contribution in [0.4, 0.5) is 4.79 Å². The Hall–Kier alpha value is -2.05. The molecule has 1 unspecified atom stereocenters. The van der Waals surface area contributed by atoms with Crippen molar-refractivity contribution in [2.45, 2.75) is 64.5 Å². The number of hydrogen-bond donors (Lipinski definition) is 1. The molecule has 0 bridgehead atoms. The summed E-state index contributed by atoms with van der Waals surface area (Å²) in [6.07, 6.45) is 4.72. The monoisotopic (exact) mass is 349 g/mol. The van der Waals surface area contributed by atoms with Gasteiger partial charge in [-0.05, 0) is 46.5 Å². The summed E-state index contributed by atoms with van der Waals surface area (Å²) in [4.78, 5) is 29.8. The molecule has 0 aliphatic carbocycles. The number of amides is 1. The molecule has 0 radical (unpaired) electrons. The lowest BCUT2D eigenvalue weighted by Crippen LogP contribution is -2.41. The summed E-state index contributed by atoms with van der Waals surface area (Å²) in [5, 5.41) is 9.30. The van der Waals surface area contributed by atoms with Crippen molar-refractivity contribution >= 4 is 12.1 Å². The van der Waals surface area contributed by atoms with Crippen molar-refractivity contribution in [3.05, 3.63) is 17.7 Å². The normalized spacial score (nSPS) is 21.7. The van der Waals surface area contributed by atoms with Gasteiger partial charge in [0, 0.05) is 37.4 Å². The Labute approximate surface area is 148 Å². The topological polar surface area (TPSA) is 84.7 Å². The first kappa shape index (κ1) is 17.8. The number of imidazole rings is 1. The van der Waals surface area contributed by atoms with Crippen molar-refractivity contribution in [2.24, 2.45) is 5.92 Å². The first-order valence-electron chi connectivity index (χ1n) is 8.99. The molecule has 138 valence electrons. The van der Waals surface area contributed by atoms with Crippen LogP contribution in [-0.2, 0) is 22.5 Å². The van der Waals surface area contributed by atoms with Crippen LogP contribution in [0, 0.1) is 5.92 Å². The zero-order valence-corrected chi connectivity index (χ0v) is 15.2. The second-order valence-corrected chi connectivity index (χ2v) is 8.03. The zero-order chi connectivity index (χ0) is 18.2. The molecule has 3 heterocycles. The average molecular weight is 349 g/mol. The van der Waals surface area contributed by atoms with Crippen LogP contribution < -0.4 is 0 Å². The smallest absolute Gasteiger partial charge is 0.410 e. The minimum absolute atomic E-state index is 0.262. The van der Waals surface area contributed by atoms with Gasteiger partial charge < -0.3 is 19.3 Å². The molecule has 1 aromatic heterocycles. The van der Waals surface area contributed by atoms with Crippen molar-refractivity contribution in [1.82, 2.24) is 14.5 Å². The lowest BCUT2D eigenvalue weighted by molar-refractivity contribution is -0.142. The van der Waals surface area contributed by atoms with E-state index in [1.165, 1.54) is 0 Å². The van der Waals surface area contributed by atoms with Gasteiger partial charge in [0.2, 0.25) is 0 Å². The van der Waals surface area contributed by atoms with Gasteiger partial charge >= 0.3 is 12.1 Å². The van der Waals surface area contributed by atoms with E-state index in [2.05, 4.69) is 9.55 Å². The van der Waals surface area contributed by atoms with Gasteiger partial charge in [0.25, 0.3) is 0 Å². The standard InChI is InChI=1S/C18H27N3O4/c1-18(2,3)25-17(24)20-8-6-12(7-9-20)15-19-10-14-5-4-13(16(22)23)11-21(14)15/h10,12-13H,4-9,11H2,1-3H3,(H,22,23). The number of nitrogens with zero attached hydrogens (tertiary/aromatic N) is 3. The van der Waals surface area contributed by atoms with Gasteiger partial charge in [0.15, 0.2) is 0 Å². The van der Waals surface area contributed by atoms with E-state index in [9.17, 15) is 14.7 Å². The maximum Gasteiger partial charge on any atom is 0.410 e. The molecule has 3 rings (SSSR count). The third-order valence-electron chi connectivity index (χ3n) is 4.98. The van der Waals surface area contributed by atoms with Crippen LogP contribution in [0.3, 0.4) is 0 Å². The van der Waals surface area contributed by atoms with E-state index in [0.29, 0.717) is 26.1 Å². The SMILES string of the molecule is CC(C)(C)OC(=O)N1CCC(c2ncc3n2CC(C(=O)O)CC3)CC1. The molecule has 1 fully saturated rings. The van der Waals surface area contributed by atoms with E-state index < -0.39 is 11.6 Å². The number of fused-ring (bicyclic) bond motifs is 1. The largest absolute Gasteiger partial charge is 0.481 e. The fourth-order valence-corrected chi connectivity index (χ4v) is 3.65. The van der Waals surface area contributed by atoms with E-state index in [1.54, 1.807) is 4.90 Å². The highest BCUT2D eigenvalue weighted by atomic mass is 16.6. The molecular weight excluding hydrogens is 322 g/mol. The second-order valence-electron chi connectivity index (χ2n) is 8.03. The molecule has 7 heteroatoms. The molecule has 0 spiro atoms. The summed E-state index contributed by atoms with van der Waals surface area (Å²) in [6.45, 7) is 7.40. The summed E-state index contributed by atoms with van der Waals surface area (Å²) in [7, 11) is 0. The highest BCUT2D eigenvalue weighted by Gasteiger charge is 2.32. The number of piperidine rings is 1. The van der Waals surface area contributed by atoms with Gasteiger partial charge in [-0.3, -0.25) is 4.79 Å². The van der Waals surface area contributed by atoms with Crippen molar-refractivity contribution in [3.8, 4) is 0 Å². The molecule has 1 atom stereocenters. The van der Waals surface area contributed by atoms with Gasteiger partial charge in [-0.15, -0.1) is 0 Å². The molecule has 2 aliphatic rings. The second kappa shape index (κ2) is 6.69. The fourth-order valence-electron chi connectivity index (χ4n) is 3.65. The van der Waals surface area contributed by atoms with Crippen molar-refractivity contribution < 1.29 is 19.4 Å². The summed E-state index contributed by atoms with van der Waals surface area (Å²) in [5.74, 6) is 0.178. The fraction of sp³-hybridized carbons (Fsp3) is 0.722. The van der Waals surface area contributed by atoms with Gasteiger partial charge in [-0.2, -0.15) is 0 Å². The van der Waals surface area contributed by atoms with Crippen LogP contribution in [-0.4, -0.2) is 50.3 Å². The van der Waals surface area contributed by atoms with Crippen molar-refractivity contribution in [3.63, 3.8) is 0 Å². The maximum absolute atomic E-state index is 12.2. The Kier molecular flexibility index (Phi) is 4.75. The van der Waals surface area contributed by atoms with Crippen molar-refractivity contribution in [1.29, 1.82) is 0 Å². The third-order valence-corrected chi connectivity index (χ3v) is 4.98. The summed E-state index contributed by atoms with van der Waals surface area (Å²) in [6, 6.07) is 0. The number of hydrogen-bond acceptors (Lipinski definition) is 4. The van der Waals surface area contributed by atoms with Crippen LogP contribution in [0.25, 0.3) is 0 Å². The van der Waals surface area contributed by atoms with Crippen molar-refractivity contribution in [2.75, 3.05) is 13.1 Å². The van der Waals surface area contributed by atoms with Gasteiger partial charge in [-0.25, -0.2) is 9.78 Å². The third kappa shape index (κ3) is 3.96. The molecule has 1 aromatic rings. The first-order chi connectivity index (χ1) is 11.7. The number of carboxylic acids is 1. The number of likely N-dealkylation sites (tertiary alicyclic amines) is 1. The molecular formula is C18H27N3O4. The molecule has 1 N–H and O–H groups in total. The first-order valence-corrected chi connectivity index (χ1v) is 8.99. The van der Waals surface area contributed by atoms with E-state index >= 15 is 0 Å². The minimum atomic E-state index is -0.731. The number of aromatic nitrogens is 2. The highest BCUT2D eigenvalue weighted by Crippen LogP contribution is 2.31. The predicted octanol–water partition coefficient (Wildman–Crippen LogP) is 2.64. The van der Waals surface area contributed by atoms with E-state index in [-0.39, 0.29) is 17.9 Å². The summed E-state index contributed by atoms with van der Waals surface area (Å²) in [5.41, 5.74) is 0.643. The minimum Gasteiger partial charge on any atom is -0.481 e. The van der Waals surface area contributed by atoms with Crippen LogP contribution in [0.2, 0.25) is 0 Å². The molecule has 1 amide bonds. The number of ether oxygens (including phenoxy) is 1. The Morgan fingerprint density at radius 2 is 1.92 bits per heavy atom. The average Bonchev–Trinajstić information content (AvgIpc) is 2.96. The summed E-state index contributed by atoms with van der Waals surface area (Å²) < 4.78 is 7.53. The van der Waals surface area contributed by atoms with Gasteiger partial charge in [0.05, 0.1) is 5.92 Å². The molecule has 2 aliphatic heterocycles. The molecule has 1 saturated heterocycles. The number of rotatable bonds is 2. The van der Waals surface area contributed by atoms with Crippen LogP contribution in [0.1, 0.15) is 57.5 Å². The number of carbonyl (C=O) groups excluding carboxylic acids is 1.